The molecule has 0 bridgehead atoms. The third-order valence-corrected chi connectivity index (χ3v) is 2.96. The number of hydrogen-bond acceptors (Lipinski definition) is 4. The van der Waals surface area contributed by atoms with E-state index in [-0.39, 0.29) is 0 Å². The lowest BCUT2D eigenvalue weighted by atomic mass is 9.96. The maximum atomic E-state index is 5.47. The van der Waals surface area contributed by atoms with Gasteiger partial charge in [0.25, 0.3) is 0 Å². The Morgan fingerprint density at radius 2 is 1.89 bits per heavy atom. The highest BCUT2D eigenvalue weighted by atomic mass is 16.5. The monoisotopic (exact) mass is 246 g/mol. The second kappa shape index (κ2) is 4.80. The number of benzene rings is 1. The van der Waals surface area contributed by atoms with E-state index in [1.165, 1.54) is 5.56 Å². The van der Waals surface area contributed by atoms with E-state index in [9.17, 15) is 0 Å². The molecule has 18 heavy (non-hydrogen) atoms. The Kier molecular flexibility index (Phi) is 3.36. The molecule has 96 valence electrons. The first-order chi connectivity index (χ1) is 8.52. The maximum Gasteiger partial charge on any atom is 0.248 e. The smallest absolute Gasteiger partial charge is 0.248 e. The molecule has 4 heteroatoms. The van der Waals surface area contributed by atoms with Gasteiger partial charge in [-0.15, -0.1) is 10.2 Å². The molecule has 0 saturated heterocycles. The molecule has 1 aromatic carbocycles. The Morgan fingerprint density at radius 1 is 1.17 bits per heavy atom. The molecule has 0 N–H and O–H groups in total. The minimum Gasteiger partial charge on any atom is -0.496 e. The normalized spacial score (nSPS) is 11.0. The quantitative estimate of drug-likeness (QED) is 0.831. The minimum atomic E-state index is 0.414. The summed E-state index contributed by atoms with van der Waals surface area (Å²) in [4.78, 5) is 0. The zero-order chi connectivity index (χ0) is 13.3. The van der Waals surface area contributed by atoms with Crippen molar-refractivity contribution < 1.29 is 9.15 Å². The molecular formula is C14H18N2O2. The van der Waals surface area contributed by atoms with Crippen molar-refractivity contribution in [1.29, 1.82) is 0 Å². The molecule has 0 aliphatic rings. The summed E-state index contributed by atoms with van der Waals surface area (Å²) in [6.45, 7) is 8.12. The molecule has 0 atom stereocenters. The van der Waals surface area contributed by atoms with Gasteiger partial charge in [-0.3, -0.25) is 0 Å². The Labute approximate surface area is 107 Å². The molecule has 1 heterocycles. The van der Waals surface area contributed by atoms with Crippen molar-refractivity contribution in [3.8, 4) is 17.2 Å². The summed E-state index contributed by atoms with van der Waals surface area (Å²) in [6.07, 6.45) is 0. The maximum absolute atomic E-state index is 5.47. The third kappa shape index (κ3) is 2.23. The van der Waals surface area contributed by atoms with Gasteiger partial charge >= 0.3 is 0 Å². The first-order valence-electron chi connectivity index (χ1n) is 6.02. The van der Waals surface area contributed by atoms with E-state index in [0.717, 1.165) is 16.9 Å². The van der Waals surface area contributed by atoms with Crippen LogP contribution in [0.5, 0.6) is 5.75 Å². The summed E-state index contributed by atoms with van der Waals surface area (Å²) in [6, 6.07) is 4.09. The van der Waals surface area contributed by atoms with Crippen LogP contribution in [0.4, 0.5) is 0 Å². The largest absolute Gasteiger partial charge is 0.496 e. The number of ether oxygens (including phenoxy) is 1. The second-order valence-corrected chi connectivity index (χ2v) is 4.69. The fourth-order valence-electron chi connectivity index (χ4n) is 1.97. The van der Waals surface area contributed by atoms with Crippen LogP contribution >= 0.6 is 0 Å². The molecule has 0 fully saturated rings. The van der Waals surface area contributed by atoms with E-state index >= 15 is 0 Å². The van der Waals surface area contributed by atoms with Crippen LogP contribution in [-0.2, 0) is 0 Å². The summed E-state index contributed by atoms with van der Waals surface area (Å²) >= 11 is 0. The molecule has 0 spiro atoms. The lowest BCUT2D eigenvalue weighted by Gasteiger charge is -2.14. The fraction of sp³-hybridized carbons (Fsp3) is 0.429. The van der Waals surface area contributed by atoms with Crippen molar-refractivity contribution in [3.05, 3.63) is 29.2 Å². The van der Waals surface area contributed by atoms with E-state index in [1.54, 1.807) is 14.0 Å². The van der Waals surface area contributed by atoms with E-state index in [4.69, 9.17) is 9.15 Å². The Bertz CT molecular complexity index is 559. The van der Waals surface area contributed by atoms with Gasteiger partial charge in [0.2, 0.25) is 11.8 Å². The zero-order valence-electron chi connectivity index (χ0n) is 11.4. The van der Waals surface area contributed by atoms with Gasteiger partial charge < -0.3 is 9.15 Å². The van der Waals surface area contributed by atoms with Crippen molar-refractivity contribution in [3.63, 3.8) is 0 Å². The summed E-state index contributed by atoms with van der Waals surface area (Å²) in [7, 11) is 1.68. The molecule has 0 aliphatic carbocycles. The van der Waals surface area contributed by atoms with Crippen molar-refractivity contribution in [1.82, 2.24) is 10.2 Å². The second-order valence-electron chi connectivity index (χ2n) is 4.69. The number of rotatable bonds is 3. The minimum absolute atomic E-state index is 0.414. The van der Waals surface area contributed by atoms with Crippen LogP contribution in [0.1, 0.15) is 36.8 Å². The van der Waals surface area contributed by atoms with Gasteiger partial charge in [0.05, 0.1) is 7.11 Å². The van der Waals surface area contributed by atoms with Crippen molar-refractivity contribution in [2.24, 2.45) is 0 Å². The third-order valence-electron chi connectivity index (χ3n) is 2.96. The predicted molar refractivity (Wildman–Crippen MR) is 69.8 cm³/mol. The van der Waals surface area contributed by atoms with E-state index in [0.29, 0.717) is 17.7 Å². The molecule has 0 amide bonds. The number of aromatic nitrogens is 2. The summed E-state index contributed by atoms with van der Waals surface area (Å²) in [5.74, 6) is 2.38. The van der Waals surface area contributed by atoms with Gasteiger partial charge in [0.15, 0.2) is 0 Å². The fourth-order valence-corrected chi connectivity index (χ4v) is 1.97. The van der Waals surface area contributed by atoms with Crippen molar-refractivity contribution >= 4 is 0 Å². The number of aryl methyl sites for hydroxylation is 2. The molecular weight excluding hydrogens is 228 g/mol. The van der Waals surface area contributed by atoms with Gasteiger partial charge in [0.1, 0.15) is 5.75 Å². The molecule has 0 saturated carbocycles. The molecule has 4 nitrogen and oxygen atoms in total. The SMILES string of the molecule is COc1cc(-c2nnc(C)o2)c(C)cc1C(C)C. The zero-order valence-corrected chi connectivity index (χ0v) is 11.4. The molecule has 1 aromatic heterocycles. The molecule has 2 rings (SSSR count). The van der Waals surface area contributed by atoms with Crippen LogP contribution in [0.2, 0.25) is 0 Å². The van der Waals surface area contributed by atoms with Gasteiger partial charge in [-0.2, -0.15) is 0 Å². The Hall–Kier alpha value is -1.84. The Morgan fingerprint density at radius 3 is 2.39 bits per heavy atom. The number of methoxy groups -OCH3 is 1. The van der Waals surface area contributed by atoms with Crippen LogP contribution in [0, 0.1) is 13.8 Å². The first-order valence-corrected chi connectivity index (χ1v) is 6.02. The van der Waals surface area contributed by atoms with Crippen LogP contribution < -0.4 is 4.74 Å². The first kappa shape index (κ1) is 12.6. The summed E-state index contributed by atoms with van der Waals surface area (Å²) in [5.41, 5.74) is 3.23. The number of nitrogens with zero attached hydrogens (tertiary/aromatic N) is 2. The van der Waals surface area contributed by atoms with Gasteiger partial charge in [-0.1, -0.05) is 19.9 Å². The van der Waals surface area contributed by atoms with Crippen LogP contribution in [0.25, 0.3) is 11.5 Å². The lowest BCUT2D eigenvalue weighted by Crippen LogP contribution is -1.97. The highest BCUT2D eigenvalue weighted by Gasteiger charge is 2.15. The number of hydrogen-bond donors (Lipinski definition) is 0. The van der Waals surface area contributed by atoms with Crippen LogP contribution in [0.15, 0.2) is 16.5 Å². The van der Waals surface area contributed by atoms with Crippen molar-refractivity contribution in [2.45, 2.75) is 33.6 Å². The predicted octanol–water partition coefficient (Wildman–Crippen LogP) is 3.49. The highest BCUT2D eigenvalue weighted by Crippen LogP contribution is 2.33. The van der Waals surface area contributed by atoms with Crippen molar-refractivity contribution in [2.75, 3.05) is 7.11 Å². The van der Waals surface area contributed by atoms with E-state index < -0.39 is 0 Å². The molecule has 2 aromatic rings. The average Bonchev–Trinajstić information content (AvgIpc) is 2.75. The van der Waals surface area contributed by atoms with Crippen LogP contribution in [-0.4, -0.2) is 17.3 Å². The average molecular weight is 246 g/mol. The van der Waals surface area contributed by atoms with Crippen LogP contribution in [0.3, 0.4) is 0 Å². The van der Waals surface area contributed by atoms with Gasteiger partial charge in [-0.05, 0) is 30.0 Å². The summed E-state index contributed by atoms with van der Waals surface area (Å²) < 4.78 is 10.9. The van der Waals surface area contributed by atoms with E-state index in [2.05, 4.69) is 30.1 Å². The highest BCUT2D eigenvalue weighted by molar-refractivity contribution is 5.63. The van der Waals surface area contributed by atoms with Gasteiger partial charge in [-0.25, -0.2) is 0 Å². The van der Waals surface area contributed by atoms with Gasteiger partial charge in [0, 0.05) is 12.5 Å². The Balaban J connectivity index is 2.56. The molecule has 0 radical (unpaired) electrons. The lowest BCUT2D eigenvalue weighted by molar-refractivity contribution is 0.407. The summed E-state index contributed by atoms with van der Waals surface area (Å²) in [5, 5.41) is 7.91. The topological polar surface area (TPSA) is 48.2 Å². The standard InChI is InChI=1S/C14H18N2O2/c1-8(2)11-6-9(3)12(7-13(11)17-5)14-16-15-10(4)18-14/h6-8H,1-5H3. The van der Waals surface area contributed by atoms with E-state index in [1.807, 2.05) is 13.0 Å². The molecule has 0 aliphatic heterocycles. The molecule has 0 unspecified atom stereocenters.